The molecule has 1 aliphatic rings. The normalized spacial score (nSPS) is 14.4. The van der Waals surface area contributed by atoms with Gasteiger partial charge in [0, 0.05) is 11.3 Å². The highest BCUT2D eigenvalue weighted by molar-refractivity contribution is 8.26. The number of nitrogens with one attached hydrogen (secondary N) is 1. The fraction of sp³-hybridized carbons (Fsp3) is 0.182. The van der Waals surface area contributed by atoms with Crippen molar-refractivity contribution in [3.05, 3.63) is 52.4 Å². The Morgan fingerprint density at radius 3 is 2.33 bits per heavy atom. The number of benzene rings is 2. The number of carboxylic acids is 1. The maximum absolute atomic E-state index is 12.9. The average molecular weight is 488 g/mol. The summed E-state index contributed by atoms with van der Waals surface area (Å²) in [6.07, 6.45) is 1.60. The zero-order valence-corrected chi connectivity index (χ0v) is 19.5. The summed E-state index contributed by atoms with van der Waals surface area (Å²) in [4.78, 5) is 38.0. The second-order valence-electron chi connectivity index (χ2n) is 6.61. The standard InChI is InChI=1S/C22H20N2O7S2/c1-29-15-8-12(9-16(30-2)19(15)31-3)10-17-20(26)24(22(32)33-17)11-18(25)23-14-7-5-4-6-13(14)21(27)28/h4-10H,11H2,1-3H3,(H,23,25)(H,27,28)/p-1/b17-10+. The third kappa shape index (κ3) is 5.26. The number of hydrogen-bond donors (Lipinski definition) is 1. The van der Waals surface area contributed by atoms with Crippen LogP contribution >= 0.6 is 24.0 Å². The monoisotopic (exact) mass is 487 g/mol. The lowest BCUT2D eigenvalue weighted by Crippen LogP contribution is -2.36. The summed E-state index contributed by atoms with van der Waals surface area (Å²) in [5.74, 6) is -1.23. The summed E-state index contributed by atoms with van der Waals surface area (Å²) in [5.41, 5.74) is 0.511. The molecule has 9 nitrogen and oxygen atoms in total. The van der Waals surface area contributed by atoms with Crippen molar-refractivity contribution in [3.63, 3.8) is 0 Å². The average Bonchev–Trinajstić information content (AvgIpc) is 3.05. The van der Waals surface area contributed by atoms with Crippen LogP contribution in [0.2, 0.25) is 0 Å². The van der Waals surface area contributed by atoms with E-state index in [1.165, 1.54) is 39.5 Å². The van der Waals surface area contributed by atoms with Crippen LogP contribution in [0.15, 0.2) is 41.3 Å². The highest BCUT2D eigenvalue weighted by atomic mass is 32.2. The molecule has 1 fully saturated rings. The van der Waals surface area contributed by atoms with Gasteiger partial charge in [0.05, 0.1) is 32.2 Å². The van der Waals surface area contributed by atoms with Crippen LogP contribution in [0, 0.1) is 0 Å². The first-order valence-corrected chi connectivity index (χ1v) is 10.7. The van der Waals surface area contributed by atoms with Crippen molar-refractivity contribution in [1.29, 1.82) is 0 Å². The molecule has 0 atom stereocenters. The predicted octanol–water partition coefficient (Wildman–Crippen LogP) is 1.92. The Hall–Kier alpha value is -3.57. The third-order valence-corrected chi connectivity index (χ3v) is 5.96. The van der Waals surface area contributed by atoms with E-state index in [0.717, 1.165) is 16.7 Å². The number of anilines is 1. The van der Waals surface area contributed by atoms with Gasteiger partial charge in [0.15, 0.2) is 11.5 Å². The van der Waals surface area contributed by atoms with Gasteiger partial charge < -0.3 is 29.4 Å². The Morgan fingerprint density at radius 1 is 1.12 bits per heavy atom. The second kappa shape index (κ2) is 10.4. The quantitative estimate of drug-likeness (QED) is 0.440. The van der Waals surface area contributed by atoms with Crippen molar-refractivity contribution in [3.8, 4) is 17.2 Å². The number of para-hydroxylation sites is 1. The molecule has 1 heterocycles. The van der Waals surface area contributed by atoms with Gasteiger partial charge in [-0.1, -0.05) is 42.2 Å². The number of rotatable bonds is 8. The smallest absolute Gasteiger partial charge is 0.266 e. The van der Waals surface area contributed by atoms with Crippen molar-refractivity contribution in [1.82, 2.24) is 4.90 Å². The number of carbonyl (C=O) groups is 3. The van der Waals surface area contributed by atoms with Gasteiger partial charge in [0.2, 0.25) is 11.7 Å². The Kier molecular flexibility index (Phi) is 7.56. The molecule has 2 amide bonds. The number of thiocarbonyl (C=S) groups is 1. The van der Waals surface area contributed by atoms with Crippen LogP contribution in [0.1, 0.15) is 15.9 Å². The van der Waals surface area contributed by atoms with Crippen molar-refractivity contribution < 1.29 is 33.7 Å². The van der Waals surface area contributed by atoms with Crippen LogP contribution in [0.3, 0.4) is 0 Å². The van der Waals surface area contributed by atoms with E-state index in [4.69, 9.17) is 26.4 Å². The number of nitrogens with zero attached hydrogens (tertiary/aromatic N) is 1. The number of aromatic carboxylic acids is 1. The first-order chi connectivity index (χ1) is 15.8. The maximum atomic E-state index is 12.9. The highest BCUT2D eigenvalue weighted by Crippen LogP contribution is 2.40. The van der Waals surface area contributed by atoms with E-state index in [-0.39, 0.29) is 22.1 Å². The number of methoxy groups -OCH3 is 3. The highest BCUT2D eigenvalue weighted by Gasteiger charge is 2.33. The maximum Gasteiger partial charge on any atom is 0.266 e. The number of ether oxygens (including phenoxy) is 3. The Labute approximate surface area is 199 Å². The lowest BCUT2D eigenvalue weighted by molar-refractivity contribution is -0.254. The van der Waals surface area contributed by atoms with Crippen LogP contribution in [0.4, 0.5) is 5.69 Å². The van der Waals surface area contributed by atoms with Gasteiger partial charge in [0.1, 0.15) is 10.9 Å². The van der Waals surface area contributed by atoms with Crippen LogP contribution in [0.5, 0.6) is 17.2 Å². The summed E-state index contributed by atoms with van der Waals surface area (Å²) >= 11 is 6.31. The molecule has 0 aromatic heterocycles. The molecular weight excluding hydrogens is 468 g/mol. The summed E-state index contributed by atoms with van der Waals surface area (Å²) in [6, 6.07) is 9.18. The fourth-order valence-corrected chi connectivity index (χ4v) is 4.33. The molecule has 33 heavy (non-hydrogen) atoms. The van der Waals surface area contributed by atoms with Gasteiger partial charge in [-0.2, -0.15) is 0 Å². The van der Waals surface area contributed by atoms with Crippen molar-refractivity contribution >= 4 is 57.8 Å². The Bertz CT molecular complexity index is 1140. The van der Waals surface area contributed by atoms with E-state index in [0.29, 0.717) is 27.7 Å². The van der Waals surface area contributed by atoms with E-state index in [1.54, 1.807) is 24.3 Å². The molecule has 172 valence electrons. The zero-order chi connectivity index (χ0) is 24.1. The lowest BCUT2D eigenvalue weighted by atomic mass is 10.1. The molecule has 1 aliphatic heterocycles. The molecule has 0 saturated carbocycles. The van der Waals surface area contributed by atoms with Gasteiger partial charge in [-0.25, -0.2) is 0 Å². The van der Waals surface area contributed by atoms with Gasteiger partial charge in [0.25, 0.3) is 5.91 Å². The molecule has 1 N–H and O–H groups in total. The minimum atomic E-state index is -1.43. The van der Waals surface area contributed by atoms with Crippen LogP contribution < -0.4 is 24.6 Å². The summed E-state index contributed by atoms with van der Waals surface area (Å²) in [5, 5.41) is 13.7. The van der Waals surface area contributed by atoms with Crippen LogP contribution in [-0.2, 0) is 9.59 Å². The molecule has 0 spiro atoms. The van der Waals surface area contributed by atoms with Gasteiger partial charge in [-0.15, -0.1) is 0 Å². The van der Waals surface area contributed by atoms with E-state index in [2.05, 4.69) is 5.32 Å². The molecule has 2 aromatic rings. The van der Waals surface area contributed by atoms with E-state index >= 15 is 0 Å². The lowest BCUT2D eigenvalue weighted by Gasteiger charge is -2.16. The van der Waals surface area contributed by atoms with Crippen LogP contribution in [-0.4, -0.2) is 54.9 Å². The van der Waals surface area contributed by atoms with Gasteiger partial charge in [-0.3, -0.25) is 14.5 Å². The third-order valence-electron chi connectivity index (χ3n) is 4.58. The van der Waals surface area contributed by atoms with Gasteiger partial charge in [-0.05, 0) is 29.8 Å². The number of carbonyl (C=O) groups excluding carboxylic acids is 3. The molecule has 0 unspecified atom stereocenters. The van der Waals surface area contributed by atoms with E-state index in [1.807, 2.05) is 0 Å². The Morgan fingerprint density at radius 2 is 1.76 bits per heavy atom. The SMILES string of the molecule is COc1cc(/C=C2/SC(=S)N(CC(=O)Nc3ccccc3C(=O)[O-])C2=O)cc(OC)c1OC. The van der Waals surface area contributed by atoms with Crippen LogP contribution in [0.25, 0.3) is 6.08 Å². The molecule has 0 radical (unpaired) electrons. The second-order valence-corrected chi connectivity index (χ2v) is 8.28. The molecule has 1 saturated heterocycles. The minimum Gasteiger partial charge on any atom is -0.545 e. The summed E-state index contributed by atoms with van der Waals surface area (Å²) in [7, 11) is 4.46. The molecule has 2 aromatic carbocycles. The predicted molar refractivity (Wildman–Crippen MR) is 125 cm³/mol. The molecular formula is C22H19N2O7S2-. The number of amides is 2. The summed E-state index contributed by atoms with van der Waals surface area (Å²) < 4.78 is 16.1. The molecule has 3 rings (SSSR count). The van der Waals surface area contributed by atoms with Crippen molar-refractivity contribution in [2.24, 2.45) is 0 Å². The van der Waals surface area contributed by atoms with E-state index in [9.17, 15) is 19.5 Å². The van der Waals surface area contributed by atoms with Crippen molar-refractivity contribution in [2.75, 3.05) is 33.2 Å². The molecule has 0 aliphatic carbocycles. The van der Waals surface area contributed by atoms with E-state index < -0.39 is 17.8 Å². The molecule has 0 bridgehead atoms. The number of hydrogen-bond acceptors (Lipinski definition) is 9. The first-order valence-electron chi connectivity index (χ1n) is 9.44. The minimum absolute atomic E-state index is 0.0703. The number of carboxylic acid groups (broad SMARTS) is 1. The largest absolute Gasteiger partial charge is 0.545 e. The summed E-state index contributed by atoms with van der Waals surface area (Å²) in [6.45, 7) is -0.376. The van der Waals surface area contributed by atoms with Gasteiger partial charge >= 0.3 is 0 Å². The zero-order valence-electron chi connectivity index (χ0n) is 17.9. The number of thioether (sulfide) groups is 1. The van der Waals surface area contributed by atoms with Crippen molar-refractivity contribution in [2.45, 2.75) is 0 Å². The fourth-order valence-electron chi connectivity index (χ4n) is 3.08. The Balaban J connectivity index is 1.79. The topological polar surface area (TPSA) is 117 Å². The molecule has 11 heteroatoms. The first kappa shape index (κ1) is 24.1.